The van der Waals surface area contributed by atoms with E-state index in [9.17, 15) is 0 Å². The number of oxime groups is 1. The van der Waals surface area contributed by atoms with Gasteiger partial charge in [0.1, 0.15) is 12.4 Å². The number of rotatable bonds is 9. The van der Waals surface area contributed by atoms with E-state index >= 15 is 0 Å². The monoisotopic (exact) mass is 293 g/mol. The summed E-state index contributed by atoms with van der Waals surface area (Å²) in [4.78, 5) is 2.33. The van der Waals surface area contributed by atoms with Gasteiger partial charge in [-0.1, -0.05) is 17.3 Å². The lowest BCUT2D eigenvalue weighted by atomic mass is 10.3. The standard InChI is InChI=1S/C15H23N3O3/c1-20-13-4-2-3-5-14(13)21-11-10-18(12-6-7-12)9-8-15(16)17-19/h2-5,12,19H,6-11H2,1H3,(H2,16,17). The highest BCUT2D eigenvalue weighted by atomic mass is 16.5. The van der Waals surface area contributed by atoms with Gasteiger partial charge in [0.2, 0.25) is 0 Å². The molecule has 0 atom stereocenters. The lowest BCUT2D eigenvalue weighted by Gasteiger charge is -2.22. The Labute approximate surface area is 125 Å². The SMILES string of the molecule is COc1ccccc1OCCN(CCC(N)=NO)C1CC1. The summed E-state index contributed by atoms with van der Waals surface area (Å²) in [5.41, 5.74) is 5.52. The molecule has 0 aromatic heterocycles. The van der Waals surface area contributed by atoms with Gasteiger partial charge in [0.15, 0.2) is 11.5 Å². The molecule has 2 rings (SSSR count). The molecule has 0 saturated heterocycles. The van der Waals surface area contributed by atoms with Crippen LogP contribution in [0, 0.1) is 0 Å². The Kier molecular flexibility index (Phi) is 5.68. The van der Waals surface area contributed by atoms with Crippen LogP contribution in [-0.2, 0) is 0 Å². The maximum Gasteiger partial charge on any atom is 0.161 e. The lowest BCUT2D eigenvalue weighted by molar-refractivity contribution is 0.200. The molecular formula is C15H23N3O3. The van der Waals surface area contributed by atoms with Crippen LogP contribution >= 0.6 is 0 Å². The van der Waals surface area contributed by atoms with Crippen molar-refractivity contribution >= 4 is 5.84 Å². The highest BCUT2D eigenvalue weighted by Crippen LogP contribution is 2.28. The Morgan fingerprint density at radius 1 is 1.33 bits per heavy atom. The van der Waals surface area contributed by atoms with Gasteiger partial charge in [-0.3, -0.25) is 4.90 Å². The molecule has 0 radical (unpaired) electrons. The van der Waals surface area contributed by atoms with Crippen molar-refractivity contribution in [3.63, 3.8) is 0 Å². The fraction of sp³-hybridized carbons (Fsp3) is 0.533. The van der Waals surface area contributed by atoms with E-state index in [1.54, 1.807) is 7.11 Å². The molecule has 1 aliphatic rings. The van der Waals surface area contributed by atoms with Gasteiger partial charge in [0, 0.05) is 25.6 Å². The molecule has 3 N–H and O–H groups in total. The molecule has 1 aromatic rings. The normalized spacial score (nSPS) is 15.2. The Balaban J connectivity index is 1.79. The highest BCUT2D eigenvalue weighted by Gasteiger charge is 2.28. The minimum Gasteiger partial charge on any atom is -0.493 e. The van der Waals surface area contributed by atoms with Crippen LogP contribution in [0.3, 0.4) is 0 Å². The summed E-state index contributed by atoms with van der Waals surface area (Å²) < 4.78 is 11.0. The first-order chi connectivity index (χ1) is 10.2. The quantitative estimate of drug-likeness (QED) is 0.313. The van der Waals surface area contributed by atoms with Crippen LogP contribution in [0.5, 0.6) is 11.5 Å². The smallest absolute Gasteiger partial charge is 0.161 e. The molecule has 0 heterocycles. The summed E-state index contributed by atoms with van der Waals surface area (Å²) in [6.45, 7) is 2.20. The third kappa shape index (κ3) is 4.82. The molecule has 21 heavy (non-hydrogen) atoms. The van der Waals surface area contributed by atoms with Crippen LogP contribution in [0.1, 0.15) is 19.3 Å². The lowest BCUT2D eigenvalue weighted by Crippen LogP contribution is -2.33. The first-order valence-electron chi connectivity index (χ1n) is 7.21. The molecule has 1 aliphatic carbocycles. The van der Waals surface area contributed by atoms with E-state index < -0.39 is 0 Å². The highest BCUT2D eigenvalue weighted by molar-refractivity contribution is 5.79. The van der Waals surface area contributed by atoms with Crippen molar-refractivity contribution in [1.29, 1.82) is 0 Å². The van der Waals surface area contributed by atoms with Crippen molar-refractivity contribution in [1.82, 2.24) is 4.90 Å². The number of benzene rings is 1. The summed E-state index contributed by atoms with van der Waals surface area (Å²) >= 11 is 0. The van der Waals surface area contributed by atoms with E-state index in [2.05, 4.69) is 10.1 Å². The zero-order valence-electron chi connectivity index (χ0n) is 12.4. The number of nitrogens with zero attached hydrogens (tertiary/aromatic N) is 2. The third-order valence-electron chi connectivity index (χ3n) is 3.55. The molecule has 1 aromatic carbocycles. The molecule has 0 amide bonds. The fourth-order valence-corrected chi connectivity index (χ4v) is 2.24. The van der Waals surface area contributed by atoms with Gasteiger partial charge >= 0.3 is 0 Å². The van der Waals surface area contributed by atoms with E-state index in [4.69, 9.17) is 20.4 Å². The van der Waals surface area contributed by atoms with Gasteiger partial charge in [-0.25, -0.2) is 0 Å². The van der Waals surface area contributed by atoms with Gasteiger partial charge in [-0.05, 0) is 25.0 Å². The van der Waals surface area contributed by atoms with Crippen molar-refractivity contribution in [3.05, 3.63) is 24.3 Å². The summed E-state index contributed by atoms with van der Waals surface area (Å²) in [7, 11) is 1.63. The van der Waals surface area contributed by atoms with Crippen molar-refractivity contribution in [2.45, 2.75) is 25.3 Å². The van der Waals surface area contributed by atoms with Crippen molar-refractivity contribution in [3.8, 4) is 11.5 Å². The molecule has 0 bridgehead atoms. The predicted molar refractivity (Wildman–Crippen MR) is 81.1 cm³/mol. The van der Waals surface area contributed by atoms with Crippen LogP contribution in [-0.4, -0.2) is 48.8 Å². The summed E-state index contributed by atoms with van der Waals surface area (Å²) in [6.07, 6.45) is 3.00. The topological polar surface area (TPSA) is 80.3 Å². The third-order valence-corrected chi connectivity index (χ3v) is 3.55. The molecule has 0 unspecified atom stereocenters. The van der Waals surface area contributed by atoms with Gasteiger partial charge in [-0.15, -0.1) is 0 Å². The number of para-hydroxylation sites is 2. The molecule has 6 nitrogen and oxygen atoms in total. The zero-order valence-corrected chi connectivity index (χ0v) is 12.4. The van der Waals surface area contributed by atoms with Crippen molar-refractivity contribution in [2.24, 2.45) is 10.9 Å². The van der Waals surface area contributed by atoms with Crippen LogP contribution in [0.15, 0.2) is 29.4 Å². The molecule has 1 saturated carbocycles. The summed E-state index contributed by atoms with van der Waals surface area (Å²) in [5.74, 6) is 1.77. The molecule has 0 aliphatic heterocycles. The zero-order chi connectivity index (χ0) is 15.1. The van der Waals surface area contributed by atoms with Gasteiger partial charge in [0.05, 0.1) is 7.11 Å². The number of ether oxygens (including phenoxy) is 2. The Bertz CT molecular complexity index is 475. The number of methoxy groups -OCH3 is 1. The van der Waals surface area contributed by atoms with E-state index in [0.717, 1.165) is 24.6 Å². The molecule has 116 valence electrons. The van der Waals surface area contributed by atoms with E-state index in [0.29, 0.717) is 19.1 Å². The second kappa shape index (κ2) is 7.73. The largest absolute Gasteiger partial charge is 0.493 e. The van der Waals surface area contributed by atoms with Crippen molar-refractivity contribution < 1.29 is 14.7 Å². The number of nitrogens with two attached hydrogens (primary N) is 1. The van der Waals surface area contributed by atoms with E-state index in [1.807, 2.05) is 24.3 Å². The van der Waals surface area contributed by atoms with Gasteiger partial charge in [-0.2, -0.15) is 0 Å². The number of hydrogen-bond acceptors (Lipinski definition) is 5. The maximum atomic E-state index is 8.59. The minimum atomic E-state index is 0.270. The minimum absolute atomic E-state index is 0.270. The number of amidine groups is 1. The van der Waals surface area contributed by atoms with Crippen LogP contribution in [0.4, 0.5) is 0 Å². The fourth-order valence-electron chi connectivity index (χ4n) is 2.24. The second-order valence-electron chi connectivity index (χ2n) is 5.11. The maximum absolute atomic E-state index is 8.59. The first-order valence-corrected chi connectivity index (χ1v) is 7.21. The number of hydrogen-bond donors (Lipinski definition) is 2. The first kappa shape index (κ1) is 15.4. The molecule has 6 heteroatoms. The Morgan fingerprint density at radius 2 is 2.05 bits per heavy atom. The van der Waals surface area contributed by atoms with Gasteiger partial charge < -0.3 is 20.4 Å². The van der Waals surface area contributed by atoms with Crippen LogP contribution in [0.2, 0.25) is 0 Å². The molecule has 1 fully saturated rings. The van der Waals surface area contributed by atoms with E-state index in [1.165, 1.54) is 12.8 Å². The molecule has 0 spiro atoms. The van der Waals surface area contributed by atoms with Crippen molar-refractivity contribution in [2.75, 3.05) is 26.8 Å². The Morgan fingerprint density at radius 3 is 2.67 bits per heavy atom. The van der Waals surface area contributed by atoms with Crippen LogP contribution in [0.25, 0.3) is 0 Å². The second-order valence-corrected chi connectivity index (χ2v) is 5.11. The van der Waals surface area contributed by atoms with Crippen LogP contribution < -0.4 is 15.2 Å². The molecular weight excluding hydrogens is 270 g/mol. The van der Waals surface area contributed by atoms with E-state index in [-0.39, 0.29) is 5.84 Å². The summed E-state index contributed by atoms with van der Waals surface area (Å²) in [5, 5.41) is 11.6. The average Bonchev–Trinajstić information content (AvgIpc) is 3.35. The average molecular weight is 293 g/mol. The Hall–Kier alpha value is -1.95. The van der Waals surface area contributed by atoms with Gasteiger partial charge in [0.25, 0.3) is 0 Å². The summed E-state index contributed by atoms with van der Waals surface area (Å²) in [6, 6.07) is 8.23. The predicted octanol–water partition coefficient (Wildman–Crippen LogP) is 1.67.